The number of fused-ring (bicyclic) bond motifs is 2. The normalized spacial score (nSPS) is 25.8. The summed E-state index contributed by atoms with van der Waals surface area (Å²) in [6, 6.07) is 17.4. The summed E-state index contributed by atoms with van der Waals surface area (Å²) in [7, 11) is -4.23. The van der Waals surface area contributed by atoms with Gasteiger partial charge in [-0.1, -0.05) is 49.2 Å². The van der Waals surface area contributed by atoms with Crippen molar-refractivity contribution in [2.75, 3.05) is 13.1 Å². The van der Waals surface area contributed by atoms with E-state index in [4.69, 9.17) is 0 Å². The number of carbonyl (C=O) groups excluding carboxylic acids is 3. The van der Waals surface area contributed by atoms with Crippen LogP contribution in [0.4, 0.5) is 0 Å². The summed E-state index contributed by atoms with van der Waals surface area (Å²) in [5, 5.41) is 13.5. The summed E-state index contributed by atoms with van der Waals surface area (Å²) in [5.41, 5.74) is 1.51. The highest BCUT2D eigenvalue weighted by atomic mass is 32.1. The van der Waals surface area contributed by atoms with Crippen LogP contribution in [-0.2, 0) is 20.3 Å². The lowest BCUT2D eigenvalue weighted by molar-refractivity contribution is -0.146. The molecule has 230 valence electrons. The minimum atomic E-state index is -4.23. The van der Waals surface area contributed by atoms with E-state index in [1.807, 2.05) is 30.3 Å². The van der Waals surface area contributed by atoms with Crippen molar-refractivity contribution in [3.8, 4) is 6.07 Å². The van der Waals surface area contributed by atoms with E-state index in [1.54, 1.807) is 34.1 Å². The standard InChI is InChI=1S/C32H35N4O6PS/c33-16-23-17-35(18-25(23)21-6-2-1-3-7-21)32(39)27-12-11-24-8-4-5-9-26(31(38)36(24)27)34-30(37)29-15-22-14-20(19-43(40,41)42)10-13-28(22)44-29/h1-3,6-7,10,13-15,23-27H,4-5,8-9,11-12,17-19H2,(H,34,37)(H2,40,41,42)/t23-,24+,25+,26+,27+/m1/s1. The van der Waals surface area contributed by atoms with Gasteiger partial charge in [-0.25, -0.2) is 0 Å². The molecule has 12 heteroatoms. The average Bonchev–Trinajstić information content (AvgIpc) is 3.73. The molecule has 2 aromatic carbocycles. The Kier molecular flexibility index (Phi) is 8.62. The Labute approximate surface area is 259 Å². The van der Waals surface area contributed by atoms with Crippen molar-refractivity contribution in [2.24, 2.45) is 5.92 Å². The molecule has 0 saturated carbocycles. The summed E-state index contributed by atoms with van der Waals surface area (Å²) < 4.78 is 12.2. The van der Waals surface area contributed by atoms with Crippen molar-refractivity contribution in [2.45, 2.75) is 68.7 Å². The van der Waals surface area contributed by atoms with Crippen LogP contribution >= 0.6 is 18.9 Å². The summed E-state index contributed by atoms with van der Waals surface area (Å²) in [6.45, 7) is 0.770. The van der Waals surface area contributed by atoms with E-state index >= 15 is 0 Å². The molecule has 0 aliphatic carbocycles. The monoisotopic (exact) mass is 634 g/mol. The van der Waals surface area contributed by atoms with Crippen molar-refractivity contribution in [1.82, 2.24) is 15.1 Å². The Morgan fingerprint density at radius 1 is 1.02 bits per heavy atom. The molecule has 3 amide bonds. The van der Waals surface area contributed by atoms with Crippen molar-refractivity contribution in [3.05, 3.63) is 70.6 Å². The molecule has 44 heavy (non-hydrogen) atoms. The molecule has 4 heterocycles. The summed E-state index contributed by atoms with van der Waals surface area (Å²) in [4.78, 5) is 63.9. The van der Waals surface area contributed by atoms with Gasteiger partial charge in [0.2, 0.25) is 11.8 Å². The van der Waals surface area contributed by atoms with E-state index < -0.39 is 19.7 Å². The van der Waals surface area contributed by atoms with Gasteiger partial charge >= 0.3 is 7.60 Å². The lowest BCUT2D eigenvalue weighted by atomic mass is 9.90. The highest BCUT2D eigenvalue weighted by Crippen LogP contribution is 2.40. The highest BCUT2D eigenvalue weighted by molar-refractivity contribution is 7.50. The van der Waals surface area contributed by atoms with Crippen LogP contribution in [0.5, 0.6) is 0 Å². The fourth-order valence-electron chi connectivity index (χ4n) is 7.04. The van der Waals surface area contributed by atoms with Gasteiger partial charge < -0.3 is 24.9 Å². The molecule has 0 spiro atoms. The largest absolute Gasteiger partial charge is 0.340 e. The van der Waals surface area contributed by atoms with E-state index in [-0.39, 0.29) is 41.8 Å². The van der Waals surface area contributed by atoms with Crippen molar-refractivity contribution in [1.29, 1.82) is 5.26 Å². The molecule has 5 atom stereocenters. The van der Waals surface area contributed by atoms with E-state index in [0.29, 0.717) is 41.8 Å². The van der Waals surface area contributed by atoms with Crippen molar-refractivity contribution < 1.29 is 28.7 Å². The molecule has 10 nitrogen and oxygen atoms in total. The molecule has 1 aromatic heterocycles. The van der Waals surface area contributed by atoms with Crippen LogP contribution in [0.1, 0.15) is 65.2 Å². The van der Waals surface area contributed by atoms with Gasteiger partial charge in [-0.2, -0.15) is 5.26 Å². The first kappa shape index (κ1) is 30.5. The first-order valence-corrected chi connectivity index (χ1v) is 17.7. The molecule has 3 N–H and O–H groups in total. The van der Waals surface area contributed by atoms with Gasteiger partial charge in [-0.05, 0) is 60.4 Å². The molecular formula is C32H35N4O6PS. The summed E-state index contributed by atoms with van der Waals surface area (Å²) in [5.74, 6) is -1.14. The summed E-state index contributed by atoms with van der Waals surface area (Å²) in [6.07, 6.45) is 3.88. The number of nitriles is 1. The third-order valence-electron chi connectivity index (χ3n) is 9.14. The number of amides is 3. The lowest BCUT2D eigenvalue weighted by Crippen LogP contribution is -2.56. The zero-order chi connectivity index (χ0) is 31.0. The van der Waals surface area contributed by atoms with E-state index in [1.165, 1.54) is 11.3 Å². The Morgan fingerprint density at radius 2 is 1.80 bits per heavy atom. The fraction of sp³-hybridized carbons (Fsp3) is 0.438. The Balaban J connectivity index is 1.18. The average molecular weight is 635 g/mol. The van der Waals surface area contributed by atoms with E-state index in [0.717, 1.165) is 35.9 Å². The third kappa shape index (κ3) is 6.31. The second-order valence-corrected chi connectivity index (χ2v) is 14.8. The van der Waals surface area contributed by atoms with Crippen LogP contribution in [0, 0.1) is 17.2 Å². The second kappa shape index (κ2) is 12.4. The van der Waals surface area contributed by atoms with E-state index in [9.17, 15) is 34.0 Å². The fourth-order valence-corrected chi connectivity index (χ4v) is 8.66. The number of benzene rings is 2. The molecular weight excluding hydrogens is 599 g/mol. The first-order chi connectivity index (χ1) is 21.1. The number of rotatable bonds is 6. The molecule has 3 aromatic rings. The van der Waals surface area contributed by atoms with Gasteiger partial charge in [0.25, 0.3) is 5.91 Å². The van der Waals surface area contributed by atoms with Crippen LogP contribution in [0.25, 0.3) is 10.1 Å². The topological polar surface area (TPSA) is 151 Å². The minimum Gasteiger partial charge on any atom is -0.340 e. The molecule has 0 unspecified atom stereocenters. The van der Waals surface area contributed by atoms with Crippen LogP contribution in [0.15, 0.2) is 54.6 Å². The van der Waals surface area contributed by atoms with Gasteiger partial charge in [-0.3, -0.25) is 18.9 Å². The Morgan fingerprint density at radius 3 is 2.55 bits per heavy atom. The molecule has 0 radical (unpaired) electrons. The number of likely N-dealkylation sites (tertiary alicyclic amines) is 1. The lowest BCUT2D eigenvalue weighted by Gasteiger charge is -2.36. The Hall–Kier alpha value is -3.55. The van der Waals surface area contributed by atoms with Crippen LogP contribution in [0.2, 0.25) is 0 Å². The predicted octanol–water partition coefficient (Wildman–Crippen LogP) is 4.38. The van der Waals surface area contributed by atoms with Crippen LogP contribution in [-0.4, -0.2) is 68.5 Å². The zero-order valence-electron chi connectivity index (χ0n) is 24.2. The zero-order valence-corrected chi connectivity index (χ0v) is 25.9. The summed E-state index contributed by atoms with van der Waals surface area (Å²) >= 11 is 1.26. The minimum absolute atomic E-state index is 0.0628. The van der Waals surface area contributed by atoms with Gasteiger partial charge in [0.05, 0.1) is 23.0 Å². The molecule has 3 fully saturated rings. The van der Waals surface area contributed by atoms with Gasteiger partial charge in [-0.15, -0.1) is 11.3 Å². The number of carbonyl (C=O) groups is 3. The number of hydrogen-bond donors (Lipinski definition) is 3. The van der Waals surface area contributed by atoms with E-state index in [2.05, 4.69) is 11.4 Å². The quantitative estimate of drug-likeness (QED) is 0.341. The van der Waals surface area contributed by atoms with Gasteiger partial charge in [0.1, 0.15) is 12.1 Å². The number of nitrogens with one attached hydrogen (secondary N) is 1. The number of hydrogen-bond acceptors (Lipinski definition) is 6. The predicted molar refractivity (Wildman–Crippen MR) is 166 cm³/mol. The molecule has 0 bridgehead atoms. The SMILES string of the molecule is N#C[C@@H]1CN(C(=O)[C@@H]2CC[C@@H]3CCCC[C@H](NC(=O)c4cc5cc(CP(=O)(O)O)ccc5s4)C(=O)N32)C[C@H]1c1ccccc1. The van der Waals surface area contributed by atoms with Gasteiger partial charge in [0.15, 0.2) is 0 Å². The maximum atomic E-state index is 14.0. The van der Waals surface area contributed by atoms with Crippen LogP contribution in [0.3, 0.4) is 0 Å². The molecule has 3 aliphatic heterocycles. The molecule has 3 aliphatic rings. The maximum Gasteiger partial charge on any atom is 0.329 e. The number of nitrogens with zero attached hydrogens (tertiary/aromatic N) is 3. The van der Waals surface area contributed by atoms with Crippen LogP contribution < -0.4 is 5.32 Å². The Bertz CT molecular complexity index is 1670. The first-order valence-electron chi connectivity index (χ1n) is 15.0. The second-order valence-electron chi connectivity index (χ2n) is 12.1. The van der Waals surface area contributed by atoms with Gasteiger partial charge in [0, 0.05) is 29.7 Å². The smallest absolute Gasteiger partial charge is 0.329 e. The highest BCUT2D eigenvalue weighted by Gasteiger charge is 2.47. The third-order valence-corrected chi connectivity index (χ3v) is 11.0. The maximum absolute atomic E-state index is 14.0. The molecule has 3 saturated heterocycles. The van der Waals surface area contributed by atoms with Crippen molar-refractivity contribution in [3.63, 3.8) is 0 Å². The van der Waals surface area contributed by atoms with Crippen molar-refractivity contribution >= 4 is 46.7 Å². The molecule has 6 rings (SSSR count). The number of thiophene rings is 1.